The second-order valence-corrected chi connectivity index (χ2v) is 9.23. The van der Waals surface area contributed by atoms with E-state index in [0.29, 0.717) is 6.61 Å². The van der Waals surface area contributed by atoms with Gasteiger partial charge in [-0.05, 0) is 63.4 Å². The molecule has 4 heteroatoms. The fourth-order valence-corrected chi connectivity index (χ4v) is 5.99. The van der Waals surface area contributed by atoms with Crippen LogP contribution in [0.5, 0.6) is 0 Å². The number of hydrogen-bond acceptors (Lipinski definition) is 3. The van der Waals surface area contributed by atoms with Crippen molar-refractivity contribution in [3.05, 3.63) is 12.3 Å². The van der Waals surface area contributed by atoms with Crippen LogP contribution in [0.4, 0.5) is 0 Å². The van der Waals surface area contributed by atoms with Gasteiger partial charge in [0.2, 0.25) is 0 Å². The number of hydrogen-bond donors (Lipinski definition) is 2. The number of nitrogens with zero attached hydrogens (tertiary/aromatic N) is 1. The molecule has 0 bridgehead atoms. The lowest BCUT2D eigenvalue weighted by Crippen LogP contribution is -2.39. The van der Waals surface area contributed by atoms with Gasteiger partial charge in [-0.15, -0.1) is 0 Å². The summed E-state index contributed by atoms with van der Waals surface area (Å²) < 4.78 is 9.34. The Morgan fingerprint density at radius 1 is 1.38 bits per heavy atom. The zero-order chi connectivity index (χ0) is 15.3. The van der Waals surface area contributed by atoms with Crippen molar-refractivity contribution in [2.75, 3.05) is 24.7 Å². The van der Waals surface area contributed by atoms with Gasteiger partial charge in [-0.2, -0.15) is 0 Å². The van der Waals surface area contributed by atoms with Crippen LogP contribution in [0.3, 0.4) is 0 Å². The van der Waals surface area contributed by atoms with E-state index in [1.807, 2.05) is 27.0 Å². The second-order valence-electron chi connectivity index (χ2n) is 7.07. The Morgan fingerprint density at radius 3 is 2.71 bits per heavy atom. The highest BCUT2D eigenvalue weighted by Gasteiger charge is 2.39. The van der Waals surface area contributed by atoms with Gasteiger partial charge in [-0.25, -0.2) is 11.1 Å². The summed E-state index contributed by atoms with van der Waals surface area (Å²) in [5, 5.41) is 0. The maximum Gasteiger partial charge on any atom is 0.0975 e. The smallest absolute Gasteiger partial charge is 0.0975 e. The van der Waals surface area contributed by atoms with Crippen molar-refractivity contribution in [3.8, 4) is 0 Å². The van der Waals surface area contributed by atoms with Gasteiger partial charge in [0.05, 0.1) is 5.60 Å². The Kier molecular flexibility index (Phi) is 5.92. The molecule has 1 saturated heterocycles. The zero-order valence-corrected chi connectivity index (χ0v) is 14.8. The molecule has 1 aliphatic heterocycles. The standard InChI is InChI=1S/C17H32N2OS/c1-5-20-16(3,4)13-18-15(2)12-19-21-11-7-10-17(14-21)8-6-9-17/h13,19,21H,2,5-12,14H2,1,3-4H3/b18-13-. The van der Waals surface area contributed by atoms with Gasteiger partial charge in [0.15, 0.2) is 0 Å². The minimum Gasteiger partial charge on any atom is -0.370 e. The molecule has 1 heterocycles. The average Bonchev–Trinajstić information content (AvgIpc) is 2.41. The van der Waals surface area contributed by atoms with Gasteiger partial charge in [-0.3, -0.25) is 9.71 Å². The van der Waals surface area contributed by atoms with Gasteiger partial charge < -0.3 is 4.74 Å². The van der Waals surface area contributed by atoms with Crippen LogP contribution in [-0.2, 0) is 4.74 Å². The minimum absolute atomic E-state index is 0.00825. The van der Waals surface area contributed by atoms with Crippen LogP contribution in [0.1, 0.15) is 52.9 Å². The van der Waals surface area contributed by atoms with E-state index in [1.54, 1.807) is 0 Å². The summed E-state index contributed by atoms with van der Waals surface area (Å²) in [7, 11) is 0. The Bertz CT molecular complexity index is 388. The third kappa shape index (κ3) is 5.11. The molecule has 0 aromatic carbocycles. The van der Waals surface area contributed by atoms with Crippen molar-refractivity contribution in [1.82, 2.24) is 4.72 Å². The first kappa shape index (κ1) is 17.0. The highest BCUT2D eigenvalue weighted by Crippen LogP contribution is 2.53. The van der Waals surface area contributed by atoms with E-state index in [1.165, 1.54) is 43.6 Å². The van der Waals surface area contributed by atoms with Gasteiger partial charge in [0, 0.05) is 25.1 Å². The lowest BCUT2D eigenvalue weighted by molar-refractivity contribution is 0.0479. The molecule has 1 N–H and O–H groups in total. The van der Waals surface area contributed by atoms with Crippen LogP contribution < -0.4 is 4.72 Å². The van der Waals surface area contributed by atoms with Crippen LogP contribution in [-0.4, -0.2) is 36.5 Å². The quantitative estimate of drug-likeness (QED) is 0.553. The number of nitrogens with one attached hydrogen (secondary N) is 1. The molecular weight excluding hydrogens is 280 g/mol. The molecule has 1 saturated carbocycles. The van der Waals surface area contributed by atoms with Crippen molar-refractivity contribution >= 4 is 17.3 Å². The van der Waals surface area contributed by atoms with E-state index in [4.69, 9.17) is 4.74 Å². The van der Waals surface area contributed by atoms with E-state index in [9.17, 15) is 0 Å². The summed E-state index contributed by atoms with van der Waals surface area (Å²) in [5.41, 5.74) is 1.33. The maximum absolute atomic E-state index is 5.62. The number of aliphatic imine (C=N–C) groups is 1. The second kappa shape index (κ2) is 7.30. The third-order valence-electron chi connectivity index (χ3n) is 4.66. The molecule has 122 valence electrons. The monoisotopic (exact) mass is 312 g/mol. The van der Waals surface area contributed by atoms with E-state index in [0.717, 1.165) is 17.7 Å². The van der Waals surface area contributed by atoms with E-state index >= 15 is 0 Å². The minimum atomic E-state index is -0.302. The SMILES string of the molecule is C=C(CN[SH]1CCCC2(CCC2)C1)/N=C\C(C)(C)OCC. The molecule has 0 aromatic heterocycles. The first-order valence-electron chi connectivity index (χ1n) is 8.30. The van der Waals surface area contributed by atoms with E-state index < -0.39 is 0 Å². The zero-order valence-electron chi connectivity index (χ0n) is 14.0. The molecule has 0 radical (unpaired) electrons. The molecule has 1 atom stereocenters. The highest BCUT2D eigenvalue weighted by molar-refractivity contribution is 8.15. The summed E-state index contributed by atoms with van der Waals surface area (Å²) in [6, 6.07) is 0. The average molecular weight is 313 g/mol. The predicted octanol–water partition coefficient (Wildman–Crippen LogP) is 3.86. The first-order valence-corrected chi connectivity index (χ1v) is 10.0. The van der Waals surface area contributed by atoms with Gasteiger partial charge in [-0.1, -0.05) is 13.0 Å². The summed E-state index contributed by atoms with van der Waals surface area (Å²) in [5.74, 6) is 2.79. The summed E-state index contributed by atoms with van der Waals surface area (Å²) in [6.45, 7) is 11.7. The van der Waals surface area contributed by atoms with Crippen LogP contribution in [0.15, 0.2) is 17.3 Å². The molecule has 2 rings (SSSR count). The molecule has 3 nitrogen and oxygen atoms in total. The van der Waals surface area contributed by atoms with E-state index in [2.05, 4.69) is 16.3 Å². The molecule has 0 aromatic rings. The van der Waals surface area contributed by atoms with Gasteiger partial charge >= 0.3 is 0 Å². The van der Waals surface area contributed by atoms with Crippen LogP contribution in [0.2, 0.25) is 0 Å². The van der Waals surface area contributed by atoms with Crippen LogP contribution >= 0.6 is 11.1 Å². The molecule has 1 aliphatic carbocycles. The molecule has 1 unspecified atom stereocenters. The lowest BCUT2D eigenvalue weighted by Gasteiger charge is -2.49. The first-order chi connectivity index (χ1) is 9.95. The van der Waals surface area contributed by atoms with Gasteiger partial charge in [0.25, 0.3) is 0 Å². The topological polar surface area (TPSA) is 33.6 Å². The summed E-state index contributed by atoms with van der Waals surface area (Å²) >= 11 is -0.00825. The van der Waals surface area contributed by atoms with Crippen molar-refractivity contribution in [3.63, 3.8) is 0 Å². The van der Waals surface area contributed by atoms with Crippen LogP contribution in [0.25, 0.3) is 0 Å². The molecule has 0 amide bonds. The third-order valence-corrected chi connectivity index (χ3v) is 7.17. The van der Waals surface area contributed by atoms with E-state index in [-0.39, 0.29) is 16.7 Å². The van der Waals surface area contributed by atoms with Crippen molar-refractivity contribution in [2.24, 2.45) is 10.4 Å². The summed E-state index contributed by atoms with van der Waals surface area (Å²) in [6.07, 6.45) is 9.14. The fourth-order valence-electron chi connectivity index (χ4n) is 3.33. The van der Waals surface area contributed by atoms with Crippen molar-refractivity contribution in [1.29, 1.82) is 0 Å². The lowest BCUT2D eigenvalue weighted by atomic mass is 9.67. The normalized spacial score (nSPS) is 26.9. The number of rotatable bonds is 7. The van der Waals surface area contributed by atoms with Crippen molar-refractivity contribution in [2.45, 2.75) is 58.5 Å². The Hall–Kier alpha value is -0.320. The molecule has 2 fully saturated rings. The Morgan fingerprint density at radius 2 is 2.10 bits per heavy atom. The molecule has 2 aliphatic rings. The van der Waals surface area contributed by atoms with Crippen molar-refractivity contribution < 1.29 is 4.74 Å². The van der Waals surface area contributed by atoms with Crippen LogP contribution in [0, 0.1) is 5.41 Å². The number of ether oxygens (including phenoxy) is 1. The predicted molar refractivity (Wildman–Crippen MR) is 95.6 cm³/mol. The number of thiol groups is 1. The Balaban J connectivity index is 1.72. The largest absolute Gasteiger partial charge is 0.370 e. The molecular formula is C17H32N2OS. The van der Waals surface area contributed by atoms with Gasteiger partial charge in [0.1, 0.15) is 0 Å². The maximum atomic E-state index is 5.62. The Labute approximate surface area is 133 Å². The highest BCUT2D eigenvalue weighted by atomic mass is 32.2. The molecule has 1 spiro atoms. The summed E-state index contributed by atoms with van der Waals surface area (Å²) in [4.78, 5) is 4.47. The fraction of sp³-hybridized carbons (Fsp3) is 0.824. The molecule has 21 heavy (non-hydrogen) atoms.